The third kappa shape index (κ3) is 3.57. The molecule has 0 aliphatic rings. The number of anilines is 1. The lowest BCUT2D eigenvalue weighted by Crippen LogP contribution is -2.25. The second-order valence-electron chi connectivity index (χ2n) is 3.80. The third-order valence-electron chi connectivity index (χ3n) is 2.56. The molecule has 0 radical (unpaired) electrons. The number of hydrogen-bond donors (Lipinski definition) is 0. The van der Waals surface area contributed by atoms with Crippen LogP contribution in [0.15, 0.2) is 12.3 Å². The van der Waals surface area contributed by atoms with Gasteiger partial charge in [-0.15, -0.1) is 0 Å². The van der Waals surface area contributed by atoms with Gasteiger partial charge in [-0.3, -0.25) is 10.1 Å². The minimum absolute atomic E-state index is 0.0503. The highest BCUT2D eigenvalue weighted by Crippen LogP contribution is 2.34. The summed E-state index contributed by atoms with van der Waals surface area (Å²) in [7, 11) is 0. The Balaban J connectivity index is 3.31. The Morgan fingerprint density at radius 1 is 1.55 bits per heavy atom. The molecule has 1 heterocycles. The highest BCUT2D eigenvalue weighted by atomic mass is 19.4. The van der Waals surface area contributed by atoms with Crippen LogP contribution in [0.25, 0.3) is 0 Å². The van der Waals surface area contributed by atoms with E-state index in [0.29, 0.717) is 12.3 Å². The van der Waals surface area contributed by atoms with Crippen LogP contribution in [0.3, 0.4) is 0 Å². The van der Waals surface area contributed by atoms with Crippen molar-refractivity contribution in [2.75, 3.05) is 18.0 Å². The van der Waals surface area contributed by atoms with Crippen LogP contribution in [0.4, 0.5) is 24.5 Å². The normalized spacial score (nSPS) is 10.9. The number of pyridine rings is 1. The predicted octanol–water partition coefficient (Wildman–Crippen LogP) is 2.75. The quantitative estimate of drug-likeness (QED) is 0.614. The van der Waals surface area contributed by atoms with Crippen molar-refractivity contribution in [2.24, 2.45) is 0 Å². The maximum Gasteiger partial charge on any atom is 0.433 e. The molecule has 0 saturated heterocycles. The zero-order chi connectivity index (χ0) is 15.3. The van der Waals surface area contributed by atoms with E-state index < -0.39 is 22.5 Å². The lowest BCUT2D eigenvalue weighted by atomic mass is 10.2. The van der Waals surface area contributed by atoms with Gasteiger partial charge in [0.05, 0.1) is 17.4 Å². The van der Waals surface area contributed by atoms with Gasteiger partial charge < -0.3 is 4.90 Å². The summed E-state index contributed by atoms with van der Waals surface area (Å²) in [6.45, 7) is 1.98. The van der Waals surface area contributed by atoms with Gasteiger partial charge in [0.2, 0.25) is 0 Å². The number of rotatable bonds is 5. The van der Waals surface area contributed by atoms with Crippen LogP contribution in [0.5, 0.6) is 0 Å². The van der Waals surface area contributed by atoms with E-state index in [9.17, 15) is 23.3 Å². The van der Waals surface area contributed by atoms with E-state index in [-0.39, 0.29) is 25.2 Å². The molecule has 0 fully saturated rings. The molecule has 0 unspecified atom stereocenters. The maximum absolute atomic E-state index is 12.6. The van der Waals surface area contributed by atoms with Crippen molar-refractivity contribution < 1.29 is 18.1 Å². The fraction of sp³-hybridized carbons (Fsp3) is 0.455. The van der Waals surface area contributed by atoms with Crippen molar-refractivity contribution >= 4 is 11.4 Å². The van der Waals surface area contributed by atoms with Crippen LogP contribution in [0.1, 0.15) is 19.0 Å². The Morgan fingerprint density at radius 2 is 2.20 bits per heavy atom. The summed E-state index contributed by atoms with van der Waals surface area (Å²) in [5.74, 6) is 0. The minimum Gasteiger partial charge on any atom is -0.365 e. The molecule has 6 nitrogen and oxygen atoms in total. The molecule has 1 rings (SSSR count). The monoisotopic (exact) mass is 288 g/mol. The van der Waals surface area contributed by atoms with Gasteiger partial charge in [0.25, 0.3) is 0 Å². The van der Waals surface area contributed by atoms with Crippen LogP contribution in [-0.4, -0.2) is 23.0 Å². The summed E-state index contributed by atoms with van der Waals surface area (Å²) < 4.78 is 37.9. The van der Waals surface area contributed by atoms with Crippen LogP contribution in [0.2, 0.25) is 0 Å². The number of nitrogens with zero attached hydrogens (tertiary/aromatic N) is 4. The Labute approximate surface area is 112 Å². The SMILES string of the molecule is CCN(CCC#N)c1cc(C(F)(F)F)ncc1[N+](=O)[O-]. The fourth-order valence-corrected chi connectivity index (χ4v) is 1.62. The van der Waals surface area contributed by atoms with E-state index in [2.05, 4.69) is 4.98 Å². The second-order valence-corrected chi connectivity index (χ2v) is 3.80. The summed E-state index contributed by atoms with van der Waals surface area (Å²) in [5, 5.41) is 19.4. The number of nitro groups is 1. The van der Waals surface area contributed by atoms with E-state index in [1.54, 1.807) is 6.92 Å². The molecular formula is C11H11F3N4O2. The average Bonchev–Trinajstić information content (AvgIpc) is 2.38. The molecule has 1 aromatic rings. The molecule has 0 saturated carbocycles. The lowest BCUT2D eigenvalue weighted by molar-refractivity contribution is -0.384. The maximum atomic E-state index is 12.6. The van der Waals surface area contributed by atoms with Crippen molar-refractivity contribution in [3.63, 3.8) is 0 Å². The summed E-state index contributed by atoms with van der Waals surface area (Å²) in [5.41, 5.74) is -1.90. The zero-order valence-electron chi connectivity index (χ0n) is 10.5. The molecule has 0 spiro atoms. The van der Waals surface area contributed by atoms with Crippen molar-refractivity contribution in [3.05, 3.63) is 28.1 Å². The Kier molecular flexibility index (Phi) is 4.85. The standard InChI is InChI=1S/C11H11F3N4O2/c1-2-17(5-3-4-15)8-6-10(11(12,13)14)16-7-9(8)18(19)20/h6-7H,2-3,5H2,1H3. The first-order chi connectivity index (χ1) is 9.31. The van der Waals surface area contributed by atoms with Gasteiger partial charge in [0.1, 0.15) is 17.6 Å². The van der Waals surface area contributed by atoms with E-state index >= 15 is 0 Å². The molecular weight excluding hydrogens is 277 g/mol. The van der Waals surface area contributed by atoms with Gasteiger partial charge in [-0.2, -0.15) is 18.4 Å². The van der Waals surface area contributed by atoms with Crippen LogP contribution in [0, 0.1) is 21.4 Å². The molecule has 1 aromatic heterocycles. The predicted molar refractivity (Wildman–Crippen MR) is 64.0 cm³/mol. The Bertz CT molecular complexity index is 539. The molecule has 20 heavy (non-hydrogen) atoms. The molecule has 0 atom stereocenters. The van der Waals surface area contributed by atoms with E-state index in [1.807, 2.05) is 6.07 Å². The van der Waals surface area contributed by atoms with Crippen molar-refractivity contribution in [1.82, 2.24) is 4.98 Å². The number of halogens is 3. The fourth-order valence-electron chi connectivity index (χ4n) is 1.62. The minimum atomic E-state index is -4.68. The van der Waals surface area contributed by atoms with Gasteiger partial charge in [-0.1, -0.05) is 0 Å². The topological polar surface area (TPSA) is 83.1 Å². The smallest absolute Gasteiger partial charge is 0.365 e. The first-order valence-corrected chi connectivity index (χ1v) is 5.64. The van der Waals surface area contributed by atoms with Crippen LogP contribution in [-0.2, 0) is 6.18 Å². The van der Waals surface area contributed by atoms with Gasteiger partial charge in [-0.25, -0.2) is 4.98 Å². The number of hydrogen-bond acceptors (Lipinski definition) is 5. The first kappa shape index (κ1) is 15.7. The van der Waals surface area contributed by atoms with Gasteiger partial charge in [0.15, 0.2) is 0 Å². The zero-order valence-corrected chi connectivity index (χ0v) is 10.5. The Morgan fingerprint density at radius 3 is 2.65 bits per heavy atom. The third-order valence-corrected chi connectivity index (χ3v) is 2.56. The number of alkyl halides is 3. The van der Waals surface area contributed by atoms with Crippen LogP contribution >= 0.6 is 0 Å². The van der Waals surface area contributed by atoms with Crippen molar-refractivity contribution in [3.8, 4) is 6.07 Å². The Hall–Kier alpha value is -2.37. The molecule has 0 N–H and O–H groups in total. The van der Waals surface area contributed by atoms with E-state index in [1.165, 1.54) is 4.90 Å². The van der Waals surface area contributed by atoms with Gasteiger partial charge in [0, 0.05) is 13.1 Å². The average molecular weight is 288 g/mol. The molecule has 108 valence electrons. The lowest BCUT2D eigenvalue weighted by Gasteiger charge is -2.22. The highest BCUT2D eigenvalue weighted by molar-refractivity contribution is 5.63. The van der Waals surface area contributed by atoms with Gasteiger partial charge in [-0.05, 0) is 13.0 Å². The summed E-state index contributed by atoms with van der Waals surface area (Å²) in [6.07, 6.45) is -4.04. The molecule has 0 amide bonds. The van der Waals surface area contributed by atoms with Crippen molar-refractivity contribution in [2.45, 2.75) is 19.5 Å². The number of aromatic nitrogens is 1. The first-order valence-electron chi connectivity index (χ1n) is 5.64. The number of nitriles is 1. The molecule has 0 aliphatic carbocycles. The van der Waals surface area contributed by atoms with Crippen molar-refractivity contribution in [1.29, 1.82) is 5.26 Å². The molecule has 0 aliphatic heterocycles. The second kappa shape index (κ2) is 6.18. The largest absolute Gasteiger partial charge is 0.433 e. The van der Waals surface area contributed by atoms with E-state index in [0.717, 1.165) is 0 Å². The molecule has 9 heteroatoms. The van der Waals surface area contributed by atoms with Gasteiger partial charge >= 0.3 is 11.9 Å². The van der Waals surface area contributed by atoms with E-state index in [4.69, 9.17) is 5.26 Å². The summed E-state index contributed by atoms with van der Waals surface area (Å²) in [4.78, 5) is 14.5. The molecule has 0 bridgehead atoms. The highest BCUT2D eigenvalue weighted by Gasteiger charge is 2.35. The summed E-state index contributed by atoms with van der Waals surface area (Å²) >= 11 is 0. The summed E-state index contributed by atoms with van der Waals surface area (Å²) in [6, 6.07) is 2.48. The van der Waals surface area contributed by atoms with Crippen LogP contribution < -0.4 is 4.90 Å². The molecule has 0 aromatic carbocycles.